The lowest BCUT2D eigenvalue weighted by molar-refractivity contribution is -0.118. The van der Waals surface area contributed by atoms with E-state index >= 15 is 0 Å². The first-order valence-electron chi connectivity index (χ1n) is 9.79. The Hall–Kier alpha value is -2.35. The Kier molecular flexibility index (Phi) is 7.11. The predicted molar refractivity (Wildman–Crippen MR) is 113 cm³/mol. The summed E-state index contributed by atoms with van der Waals surface area (Å²) >= 11 is 0. The van der Waals surface area contributed by atoms with Gasteiger partial charge in [-0.25, -0.2) is 13.2 Å². The topological polar surface area (TPSA) is 94.5 Å². The van der Waals surface area contributed by atoms with E-state index in [1.807, 2.05) is 6.92 Å². The number of hydrogen-bond donors (Lipinski definition) is 1. The van der Waals surface area contributed by atoms with Crippen molar-refractivity contribution in [2.24, 2.45) is 0 Å². The van der Waals surface area contributed by atoms with Crippen LogP contribution in [-0.4, -0.2) is 42.9 Å². The van der Waals surface area contributed by atoms with Crippen molar-refractivity contribution in [3.63, 3.8) is 0 Å². The first-order chi connectivity index (χ1) is 13.4. The lowest BCUT2D eigenvalue weighted by Gasteiger charge is -2.19. The molecule has 1 heterocycles. The third-order valence-corrected chi connectivity index (χ3v) is 6.14. The number of nitrogens with one attached hydrogen (secondary N) is 1. The Labute approximate surface area is 172 Å². The largest absolute Gasteiger partial charge is 0.443 e. The molecule has 1 amide bonds. The second-order valence-corrected chi connectivity index (χ2v) is 10.2. The minimum absolute atomic E-state index is 0.0863. The van der Waals surface area contributed by atoms with E-state index in [2.05, 4.69) is 5.32 Å². The van der Waals surface area contributed by atoms with Crippen LogP contribution in [0.1, 0.15) is 53.0 Å². The van der Waals surface area contributed by atoms with Crippen molar-refractivity contribution in [1.29, 1.82) is 0 Å². The van der Waals surface area contributed by atoms with Crippen LogP contribution in [0.2, 0.25) is 0 Å². The highest BCUT2D eigenvalue weighted by Crippen LogP contribution is 2.27. The molecular weight excluding hydrogens is 392 g/mol. The minimum atomic E-state index is -3.40. The van der Waals surface area contributed by atoms with Gasteiger partial charge >= 0.3 is 6.09 Å². The van der Waals surface area contributed by atoms with E-state index in [0.29, 0.717) is 30.3 Å². The number of carbonyl (C=O) groups excluding carboxylic acids is 2. The molecule has 0 aliphatic carbocycles. The summed E-state index contributed by atoms with van der Waals surface area (Å²) in [6.45, 7) is 9.11. The number of nitrogens with zero attached hydrogens (tertiary/aromatic N) is 1. The molecule has 1 N–H and O–H groups in total. The Morgan fingerprint density at radius 1 is 1.21 bits per heavy atom. The summed E-state index contributed by atoms with van der Waals surface area (Å²) in [4.78, 5) is 24.1. The van der Waals surface area contributed by atoms with Gasteiger partial charge in [0.05, 0.1) is 16.2 Å². The number of carbonyl (C=O) groups is 2. The van der Waals surface area contributed by atoms with Gasteiger partial charge in [0, 0.05) is 25.1 Å². The average molecular weight is 423 g/mol. The number of unbranched alkanes of at least 4 members (excludes halogenated alkanes) is 1. The van der Waals surface area contributed by atoms with Crippen LogP contribution in [-0.2, 0) is 25.8 Å². The van der Waals surface area contributed by atoms with Gasteiger partial charge in [0.15, 0.2) is 9.84 Å². The number of fused-ring (bicyclic) bond motifs is 1. The molecule has 8 heteroatoms. The monoisotopic (exact) mass is 422 g/mol. The van der Waals surface area contributed by atoms with Crippen LogP contribution in [0.3, 0.4) is 0 Å². The highest BCUT2D eigenvalue weighted by atomic mass is 32.2. The van der Waals surface area contributed by atoms with Crippen molar-refractivity contribution in [3.05, 3.63) is 30.0 Å². The summed E-state index contributed by atoms with van der Waals surface area (Å²) in [5.41, 5.74) is 0.687. The molecule has 1 aromatic heterocycles. The summed E-state index contributed by atoms with van der Waals surface area (Å²) in [5.74, 6) is -0.0630. The molecule has 2 rings (SSSR count). The van der Waals surface area contributed by atoms with Crippen molar-refractivity contribution in [2.75, 3.05) is 12.3 Å². The predicted octanol–water partition coefficient (Wildman–Crippen LogP) is 3.68. The lowest BCUT2D eigenvalue weighted by atomic mass is 10.1. The summed E-state index contributed by atoms with van der Waals surface area (Å²) in [5, 5.41) is 3.39. The van der Waals surface area contributed by atoms with Crippen LogP contribution in [0.5, 0.6) is 0 Å². The first-order valence-corrected chi connectivity index (χ1v) is 11.4. The standard InChI is InChI=1S/C21H30N2O5S/c1-6-7-12-29(26,27)17-8-9-19-18(13-17)16(10-11-22-15(2)24)14-23(19)20(25)28-21(3,4)5/h8-9,13-14H,6-7,10-12H2,1-5H3,(H,22,24). The zero-order valence-corrected chi connectivity index (χ0v) is 18.6. The molecule has 1 aromatic carbocycles. The van der Waals surface area contributed by atoms with Gasteiger partial charge in [0.2, 0.25) is 5.91 Å². The number of amides is 1. The maximum Gasteiger partial charge on any atom is 0.419 e. The SMILES string of the molecule is CCCCS(=O)(=O)c1ccc2c(c1)c(CCNC(C)=O)cn2C(=O)OC(C)(C)C. The lowest BCUT2D eigenvalue weighted by Crippen LogP contribution is -2.26. The zero-order chi connectivity index (χ0) is 21.8. The summed E-state index contributed by atoms with van der Waals surface area (Å²) in [6.07, 6.45) is 2.97. The molecule has 0 unspecified atom stereocenters. The highest BCUT2D eigenvalue weighted by molar-refractivity contribution is 7.91. The third-order valence-electron chi connectivity index (χ3n) is 4.34. The summed E-state index contributed by atoms with van der Waals surface area (Å²) < 4.78 is 32.1. The van der Waals surface area contributed by atoms with Crippen LogP contribution in [0, 0.1) is 0 Å². The van der Waals surface area contributed by atoms with Crippen molar-refractivity contribution < 1.29 is 22.7 Å². The van der Waals surface area contributed by atoms with Crippen LogP contribution >= 0.6 is 0 Å². The van der Waals surface area contributed by atoms with Crippen molar-refractivity contribution in [3.8, 4) is 0 Å². The van der Waals surface area contributed by atoms with E-state index in [1.165, 1.54) is 17.6 Å². The Balaban J connectivity index is 2.51. The molecular formula is C21H30N2O5S. The van der Waals surface area contributed by atoms with E-state index in [1.54, 1.807) is 39.1 Å². The fraction of sp³-hybridized carbons (Fsp3) is 0.524. The van der Waals surface area contributed by atoms with E-state index in [0.717, 1.165) is 12.0 Å². The van der Waals surface area contributed by atoms with Gasteiger partial charge in [0.1, 0.15) is 5.60 Å². The molecule has 0 fully saturated rings. The van der Waals surface area contributed by atoms with Crippen LogP contribution < -0.4 is 5.32 Å². The highest BCUT2D eigenvalue weighted by Gasteiger charge is 2.22. The van der Waals surface area contributed by atoms with E-state index in [4.69, 9.17) is 4.74 Å². The third kappa shape index (κ3) is 6.06. The van der Waals surface area contributed by atoms with Gasteiger partial charge in [-0.2, -0.15) is 0 Å². The van der Waals surface area contributed by atoms with Gasteiger partial charge in [-0.05, 0) is 57.4 Å². The molecule has 29 heavy (non-hydrogen) atoms. The molecule has 0 bridgehead atoms. The molecule has 0 saturated carbocycles. The van der Waals surface area contributed by atoms with Gasteiger partial charge in [-0.15, -0.1) is 0 Å². The van der Waals surface area contributed by atoms with E-state index < -0.39 is 21.5 Å². The van der Waals surface area contributed by atoms with Gasteiger partial charge in [-0.3, -0.25) is 9.36 Å². The Morgan fingerprint density at radius 3 is 2.48 bits per heavy atom. The van der Waals surface area contributed by atoms with Crippen molar-refractivity contribution >= 4 is 32.7 Å². The van der Waals surface area contributed by atoms with Crippen LogP contribution in [0.4, 0.5) is 4.79 Å². The number of sulfone groups is 1. The normalized spacial score (nSPS) is 12.2. The molecule has 0 aliphatic rings. The van der Waals surface area contributed by atoms with Gasteiger partial charge in [-0.1, -0.05) is 13.3 Å². The molecule has 0 radical (unpaired) electrons. The Morgan fingerprint density at radius 2 is 1.90 bits per heavy atom. The number of ether oxygens (including phenoxy) is 1. The fourth-order valence-corrected chi connectivity index (χ4v) is 4.43. The second-order valence-electron chi connectivity index (χ2n) is 8.09. The summed E-state index contributed by atoms with van der Waals surface area (Å²) in [6, 6.07) is 4.79. The molecule has 2 aromatic rings. The van der Waals surface area contributed by atoms with E-state index in [-0.39, 0.29) is 16.6 Å². The number of benzene rings is 1. The van der Waals surface area contributed by atoms with E-state index in [9.17, 15) is 18.0 Å². The minimum Gasteiger partial charge on any atom is -0.443 e. The van der Waals surface area contributed by atoms with Gasteiger partial charge < -0.3 is 10.1 Å². The fourth-order valence-electron chi connectivity index (χ4n) is 2.96. The average Bonchev–Trinajstić information content (AvgIpc) is 2.96. The molecule has 0 saturated heterocycles. The maximum absolute atomic E-state index is 12.6. The van der Waals surface area contributed by atoms with Crippen molar-refractivity contribution in [2.45, 2.75) is 64.4 Å². The van der Waals surface area contributed by atoms with Crippen molar-refractivity contribution in [1.82, 2.24) is 9.88 Å². The Bertz CT molecular complexity index is 1000. The molecule has 0 atom stereocenters. The molecule has 0 aliphatic heterocycles. The quantitative estimate of drug-likeness (QED) is 0.734. The van der Waals surface area contributed by atoms with Crippen LogP contribution in [0.25, 0.3) is 10.9 Å². The maximum atomic E-state index is 12.6. The zero-order valence-electron chi connectivity index (χ0n) is 17.7. The first kappa shape index (κ1) is 22.9. The molecule has 7 nitrogen and oxygen atoms in total. The molecule has 0 spiro atoms. The van der Waals surface area contributed by atoms with Gasteiger partial charge in [0.25, 0.3) is 0 Å². The molecule has 160 valence electrons. The number of rotatable bonds is 7. The number of hydrogen-bond acceptors (Lipinski definition) is 5. The van der Waals surface area contributed by atoms with Crippen LogP contribution in [0.15, 0.2) is 29.3 Å². The summed E-state index contributed by atoms with van der Waals surface area (Å²) in [7, 11) is -3.40. The number of aromatic nitrogens is 1. The second kappa shape index (κ2) is 8.98. The smallest absolute Gasteiger partial charge is 0.419 e.